The molecule has 0 spiro atoms. The molecule has 1 atom stereocenters. The molecular formula is C17H28N2O. The SMILES string of the molecule is CCC(NC(=O)C(CC)(CC)CN)c1ccc(C)cc1. The van der Waals surface area contributed by atoms with Gasteiger partial charge >= 0.3 is 0 Å². The van der Waals surface area contributed by atoms with Crippen LogP contribution >= 0.6 is 0 Å². The smallest absolute Gasteiger partial charge is 0.227 e. The van der Waals surface area contributed by atoms with Crippen molar-refractivity contribution in [2.75, 3.05) is 6.54 Å². The number of rotatable bonds is 7. The van der Waals surface area contributed by atoms with Crippen LogP contribution in [0.15, 0.2) is 24.3 Å². The fourth-order valence-corrected chi connectivity index (χ4v) is 2.48. The Morgan fingerprint density at radius 2 is 1.75 bits per heavy atom. The first-order valence-electron chi connectivity index (χ1n) is 7.60. The van der Waals surface area contributed by atoms with Gasteiger partial charge in [-0.1, -0.05) is 50.6 Å². The molecule has 0 aromatic heterocycles. The molecule has 1 aromatic rings. The third-order valence-electron chi connectivity index (χ3n) is 4.42. The normalized spacial score (nSPS) is 13.1. The summed E-state index contributed by atoms with van der Waals surface area (Å²) in [5.41, 5.74) is 7.80. The van der Waals surface area contributed by atoms with Crippen molar-refractivity contribution in [1.29, 1.82) is 0 Å². The molecule has 1 amide bonds. The summed E-state index contributed by atoms with van der Waals surface area (Å²) in [6.45, 7) is 8.62. The van der Waals surface area contributed by atoms with Crippen molar-refractivity contribution in [3.63, 3.8) is 0 Å². The van der Waals surface area contributed by atoms with Crippen molar-refractivity contribution in [3.8, 4) is 0 Å². The largest absolute Gasteiger partial charge is 0.349 e. The molecule has 0 fully saturated rings. The van der Waals surface area contributed by atoms with Gasteiger partial charge in [0, 0.05) is 6.54 Å². The van der Waals surface area contributed by atoms with Crippen LogP contribution in [0, 0.1) is 12.3 Å². The molecule has 20 heavy (non-hydrogen) atoms. The quantitative estimate of drug-likeness (QED) is 0.802. The highest BCUT2D eigenvalue weighted by molar-refractivity contribution is 5.83. The maximum Gasteiger partial charge on any atom is 0.227 e. The second-order valence-corrected chi connectivity index (χ2v) is 5.54. The van der Waals surface area contributed by atoms with E-state index in [2.05, 4.69) is 43.4 Å². The number of benzene rings is 1. The first-order chi connectivity index (χ1) is 9.52. The Hall–Kier alpha value is -1.35. The molecular weight excluding hydrogens is 248 g/mol. The Balaban J connectivity index is 2.87. The number of carbonyl (C=O) groups excluding carboxylic acids is 1. The number of amides is 1. The van der Waals surface area contributed by atoms with Crippen LogP contribution in [0.2, 0.25) is 0 Å². The lowest BCUT2D eigenvalue weighted by Gasteiger charge is -2.31. The molecule has 0 saturated heterocycles. The van der Waals surface area contributed by atoms with E-state index in [9.17, 15) is 4.79 Å². The van der Waals surface area contributed by atoms with E-state index in [1.807, 2.05) is 13.8 Å². The van der Waals surface area contributed by atoms with Gasteiger partial charge in [0.05, 0.1) is 11.5 Å². The lowest BCUT2D eigenvalue weighted by atomic mass is 9.81. The van der Waals surface area contributed by atoms with Gasteiger partial charge in [0.2, 0.25) is 5.91 Å². The number of nitrogens with two attached hydrogens (primary N) is 1. The van der Waals surface area contributed by atoms with E-state index in [0.29, 0.717) is 6.54 Å². The van der Waals surface area contributed by atoms with Gasteiger partial charge < -0.3 is 11.1 Å². The fourth-order valence-electron chi connectivity index (χ4n) is 2.48. The molecule has 0 heterocycles. The number of hydrogen-bond acceptors (Lipinski definition) is 2. The first kappa shape index (κ1) is 16.7. The van der Waals surface area contributed by atoms with Crippen LogP contribution in [0.4, 0.5) is 0 Å². The lowest BCUT2D eigenvalue weighted by Crippen LogP contribution is -2.46. The highest BCUT2D eigenvalue weighted by Crippen LogP contribution is 2.27. The molecule has 0 aliphatic rings. The topological polar surface area (TPSA) is 55.1 Å². The summed E-state index contributed by atoms with van der Waals surface area (Å²) in [5.74, 6) is 0.0809. The van der Waals surface area contributed by atoms with Crippen LogP contribution in [0.1, 0.15) is 57.2 Å². The fraction of sp³-hybridized carbons (Fsp3) is 0.588. The average Bonchev–Trinajstić information content (AvgIpc) is 2.48. The van der Waals surface area contributed by atoms with Crippen molar-refractivity contribution in [2.45, 2.75) is 53.0 Å². The van der Waals surface area contributed by atoms with E-state index in [1.165, 1.54) is 5.56 Å². The van der Waals surface area contributed by atoms with Crippen molar-refractivity contribution in [1.82, 2.24) is 5.32 Å². The number of aryl methyl sites for hydroxylation is 1. The van der Waals surface area contributed by atoms with Gasteiger partial charge in [0.15, 0.2) is 0 Å². The Labute approximate surface area is 122 Å². The minimum absolute atomic E-state index is 0.0622. The van der Waals surface area contributed by atoms with Crippen LogP contribution in [-0.4, -0.2) is 12.5 Å². The summed E-state index contributed by atoms with van der Waals surface area (Å²) in [4.78, 5) is 12.6. The van der Waals surface area contributed by atoms with E-state index < -0.39 is 5.41 Å². The predicted octanol–water partition coefficient (Wildman–Crippen LogP) is 3.33. The molecule has 1 aromatic carbocycles. The van der Waals surface area contributed by atoms with Gasteiger partial charge in [-0.2, -0.15) is 0 Å². The molecule has 1 rings (SSSR count). The van der Waals surface area contributed by atoms with Gasteiger partial charge in [-0.05, 0) is 31.7 Å². The van der Waals surface area contributed by atoms with Crippen molar-refractivity contribution in [2.24, 2.45) is 11.1 Å². The molecule has 3 N–H and O–H groups in total. The summed E-state index contributed by atoms with van der Waals surface area (Å²) >= 11 is 0. The van der Waals surface area contributed by atoms with Gasteiger partial charge in [-0.3, -0.25) is 4.79 Å². The maximum absolute atomic E-state index is 12.6. The van der Waals surface area contributed by atoms with E-state index in [-0.39, 0.29) is 11.9 Å². The zero-order chi connectivity index (χ0) is 15.2. The van der Waals surface area contributed by atoms with Gasteiger partial charge in [-0.15, -0.1) is 0 Å². The predicted molar refractivity (Wildman–Crippen MR) is 84.4 cm³/mol. The number of nitrogens with one attached hydrogen (secondary N) is 1. The average molecular weight is 276 g/mol. The van der Waals surface area contributed by atoms with E-state index >= 15 is 0 Å². The van der Waals surface area contributed by atoms with E-state index in [1.54, 1.807) is 0 Å². The second-order valence-electron chi connectivity index (χ2n) is 5.54. The highest BCUT2D eigenvalue weighted by atomic mass is 16.2. The summed E-state index contributed by atoms with van der Waals surface area (Å²) in [5, 5.41) is 3.18. The van der Waals surface area contributed by atoms with Gasteiger partial charge in [-0.25, -0.2) is 0 Å². The zero-order valence-corrected chi connectivity index (χ0v) is 13.2. The molecule has 3 nitrogen and oxygen atoms in total. The summed E-state index contributed by atoms with van der Waals surface area (Å²) in [6.07, 6.45) is 2.43. The first-order valence-corrected chi connectivity index (χ1v) is 7.60. The molecule has 0 aliphatic carbocycles. The minimum Gasteiger partial charge on any atom is -0.349 e. The van der Waals surface area contributed by atoms with Gasteiger partial charge in [0.25, 0.3) is 0 Å². The third-order valence-corrected chi connectivity index (χ3v) is 4.42. The highest BCUT2D eigenvalue weighted by Gasteiger charge is 2.34. The molecule has 0 bridgehead atoms. The van der Waals surface area contributed by atoms with Crippen LogP contribution in [0.3, 0.4) is 0 Å². The zero-order valence-electron chi connectivity index (χ0n) is 13.2. The molecule has 112 valence electrons. The molecule has 0 aliphatic heterocycles. The van der Waals surface area contributed by atoms with Crippen LogP contribution in [0.25, 0.3) is 0 Å². The Kier molecular flexibility index (Phi) is 6.21. The molecule has 0 saturated carbocycles. The Morgan fingerprint density at radius 3 is 2.15 bits per heavy atom. The lowest BCUT2D eigenvalue weighted by molar-refractivity contribution is -0.131. The standard InChI is InChI=1S/C17H28N2O/c1-5-15(14-10-8-13(4)9-11-14)19-16(20)17(6-2,7-3)12-18/h8-11,15H,5-7,12,18H2,1-4H3,(H,19,20). The van der Waals surface area contributed by atoms with E-state index in [4.69, 9.17) is 5.73 Å². The maximum atomic E-state index is 12.6. The molecule has 3 heteroatoms. The second kappa shape index (κ2) is 7.44. The van der Waals surface area contributed by atoms with Crippen molar-refractivity contribution < 1.29 is 4.79 Å². The monoisotopic (exact) mass is 276 g/mol. The van der Waals surface area contributed by atoms with Crippen LogP contribution < -0.4 is 11.1 Å². The summed E-state index contributed by atoms with van der Waals surface area (Å²) < 4.78 is 0. The van der Waals surface area contributed by atoms with Crippen LogP contribution in [-0.2, 0) is 4.79 Å². The summed E-state index contributed by atoms with van der Waals surface area (Å²) in [6, 6.07) is 8.41. The van der Waals surface area contributed by atoms with Gasteiger partial charge in [0.1, 0.15) is 0 Å². The Morgan fingerprint density at radius 1 is 1.20 bits per heavy atom. The summed E-state index contributed by atoms with van der Waals surface area (Å²) in [7, 11) is 0. The third kappa shape index (κ3) is 3.60. The number of carbonyl (C=O) groups is 1. The number of hydrogen-bond donors (Lipinski definition) is 2. The molecule has 1 unspecified atom stereocenters. The van der Waals surface area contributed by atoms with Crippen molar-refractivity contribution >= 4 is 5.91 Å². The Bertz CT molecular complexity index is 413. The molecule has 0 radical (unpaired) electrons. The van der Waals surface area contributed by atoms with E-state index in [0.717, 1.165) is 24.8 Å². The minimum atomic E-state index is -0.432. The van der Waals surface area contributed by atoms with Crippen molar-refractivity contribution in [3.05, 3.63) is 35.4 Å². The van der Waals surface area contributed by atoms with Crippen LogP contribution in [0.5, 0.6) is 0 Å².